The summed E-state index contributed by atoms with van der Waals surface area (Å²) in [4.78, 5) is 2.38. The van der Waals surface area contributed by atoms with Gasteiger partial charge in [-0.25, -0.2) is 16.8 Å². The lowest BCUT2D eigenvalue weighted by atomic mass is 10.1. The molecule has 2 aliphatic rings. The van der Waals surface area contributed by atoms with Crippen LogP contribution >= 0.6 is 12.4 Å². The first-order chi connectivity index (χ1) is 14.3. The standard InChI is InChI=1S/C21H27N3O4S2.ClH/c1-22-15-16-24(21(17-22)18-7-3-2-4-8-18)30(27,28)20-11-9-19(10-12-20)29(25,26)23-13-5-6-14-23;/h2-4,7-12,21H,5-6,13-17H2,1H3;1H. The van der Waals surface area contributed by atoms with Crippen molar-refractivity contribution < 1.29 is 16.8 Å². The van der Waals surface area contributed by atoms with Gasteiger partial charge < -0.3 is 4.90 Å². The minimum Gasteiger partial charge on any atom is -0.303 e. The molecule has 0 saturated carbocycles. The third kappa shape index (κ3) is 4.81. The van der Waals surface area contributed by atoms with Gasteiger partial charge in [-0.2, -0.15) is 8.61 Å². The molecule has 0 aromatic heterocycles. The average molecular weight is 486 g/mol. The van der Waals surface area contributed by atoms with Crippen LogP contribution in [0.3, 0.4) is 0 Å². The van der Waals surface area contributed by atoms with Crippen LogP contribution in [0.2, 0.25) is 0 Å². The number of sulfonamides is 2. The first-order valence-electron chi connectivity index (χ1n) is 10.2. The van der Waals surface area contributed by atoms with Gasteiger partial charge in [0.15, 0.2) is 0 Å². The highest BCUT2D eigenvalue weighted by Gasteiger charge is 2.36. The summed E-state index contributed by atoms with van der Waals surface area (Å²) in [5.74, 6) is 0. The van der Waals surface area contributed by atoms with Gasteiger partial charge >= 0.3 is 0 Å². The third-order valence-electron chi connectivity index (χ3n) is 5.85. The van der Waals surface area contributed by atoms with Crippen LogP contribution in [0, 0.1) is 0 Å². The van der Waals surface area contributed by atoms with E-state index in [0.717, 1.165) is 18.4 Å². The first kappa shape index (κ1) is 24.2. The van der Waals surface area contributed by atoms with E-state index in [2.05, 4.69) is 4.90 Å². The molecule has 0 aliphatic carbocycles. The van der Waals surface area contributed by atoms with E-state index in [1.807, 2.05) is 37.4 Å². The number of likely N-dealkylation sites (N-methyl/N-ethyl adjacent to an activating group) is 1. The van der Waals surface area contributed by atoms with Gasteiger partial charge in [-0.1, -0.05) is 30.3 Å². The monoisotopic (exact) mass is 485 g/mol. The van der Waals surface area contributed by atoms with E-state index in [1.54, 1.807) is 0 Å². The molecular weight excluding hydrogens is 458 g/mol. The maximum Gasteiger partial charge on any atom is 0.243 e. The molecule has 2 heterocycles. The number of hydrogen-bond acceptors (Lipinski definition) is 5. The number of piperazine rings is 1. The fourth-order valence-electron chi connectivity index (χ4n) is 4.13. The molecule has 170 valence electrons. The molecule has 7 nitrogen and oxygen atoms in total. The summed E-state index contributed by atoms with van der Waals surface area (Å²) in [5, 5.41) is 0. The number of rotatable bonds is 5. The Morgan fingerprint density at radius 1 is 0.742 bits per heavy atom. The van der Waals surface area contributed by atoms with Crippen molar-refractivity contribution in [1.29, 1.82) is 0 Å². The molecule has 0 N–H and O–H groups in total. The lowest BCUT2D eigenvalue weighted by Crippen LogP contribution is -2.49. The van der Waals surface area contributed by atoms with Gasteiger partial charge in [-0.15, -0.1) is 12.4 Å². The highest BCUT2D eigenvalue weighted by Crippen LogP contribution is 2.31. The Morgan fingerprint density at radius 2 is 1.29 bits per heavy atom. The molecule has 1 atom stereocenters. The van der Waals surface area contributed by atoms with Crippen molar-refractivity contribution in [3.8, 4) is 0 Å². The number of hydrogen-bond donors (Lipinski definition) is 0. The smallest absolute Gasteiger partial charge is 0.243 e. The zero-order valence-electron chi connectivity index (χ0n) is 17.4. The molecule has 0 radical (unpaired) electrons. The Bertz CT molecular complexity index is 1090. The maximum atomic E-state index is 13.4. The molecule has 0 bridgehead atoms. The molecule has 0 spiro atoms. The fourth-order valence-corrected chi connectivity index (χ4v) is 7.25. The Labute approximate surface area is 191 Å². The molecular formula is C21H28ClN3O4S2. The summed E-state index contributed by atoms with van der Waals surface area (Å²) in [6.07, 6.45) is 1.71. The van der Waals surface area contributed by atoms with Crippen molar-refractivity contribution in [2.75, 3.05) is 39.8 Å². The molecule has 2 fully saturated rings. The maximum absolute atomic E-state index is 13.4. The topological polar surface area (TPSA) is 78.0 Å². The largest absolute Gasteiger partial charge is 0.303 e. The number of nitrogens with zero attached hydrogens (tertiary/aromatic N) is 3. The van der Waals surface area contributed by atoms with Crippen LogP contribution in [0.1, 0.15) is 24.4 Å². The third-order valence-corrected chi connectivity index (χ3v) is 9.69. The lowest BCUT2D eigenvalue weighted by Gasteiger charge is -2.39. The highest BCUT2D eigenvalue weighted by atomic mass is 35.5. The zero-order chi connectivity index (χ0) is 21.4. The molecule has 2 aromatic rings. The lowest BCUT2D eigenvalue weighted by molar-refractivity contribution is 0.160. The first-order valence-corrected chi connectivity index (χ1v) is 13.0. The molecule has 2 saturated heterocycles. The van der Waals surface area contributed by atoms with Gasteiger partial charge in [-0.05, 0) is 49.7 Å². The summed E-state index contributed by atoms with van der Waals surface area (Å²) in [7, 11) is -5.35. The van der Waals surface area contributed by atoms with Crippen LogP contribution in [-0.2, 0) is 20.0 Å². The number of halogens is 1. The van der Waals surface area contributed by atoms with Crippen molar-refractivity contribution in [1.82, 2.24) is 13.5 Å². The van der Waals surface area contributed by atoms with Gasteiger partial charge in [0.25, 0.3) is 0 Å². The normalized spacial score (nSPS) is 21.6. The molecule has 4 rings (SSSR count). The van der Waals surface area contributed by atoms with Crippen LogP contribution in [-0.4, -0.2) is 70.1 Å². The summed E-state index contributed by atoms with van der Waals surface area (Å²) in [6, 6.07) is 15.0. The second kappa shape index (κ2) is 9.56. The van der Waals surface area contributed by atoms with Crippen molar-refractivity contribution in [2.24, 2.45) is 0 Å². The SMILES string of the molecule is CN1CCN(S(=O)(=O)c2ccc(S(=O)(=O)N3CCCC3)cc2)C(c2ccccc2)C1.Cl. The average Bonchev–Trinajstić information content (AvgIpc) is 3.30. The predicted molar refractivity (Wildman–Crippen MR) is 122 cm³/mol. The van der Waals surface area contributed by atoms with Crippen LogP contribution in [0.4, 0.5) is 0 Å². The number of benzene rings is 2. The fraction of sp³-hybridized carbons (Fsp3) is 0.429. The van der Waals surface area contributed by atoms with Crippen LogP contribution in [0.5, 0.6) is 0 Å². The zero-order valence-corrected chi connectivity index (χ0v) is 19.9. The summed E-state index contributed by atoms with van der Waals surface area (Å²) in [6.45, 7) is 2.66. The van der Waals surface area contributed by atoms with Crippen LogP contribution in [0.15, 0.2) is 64.4 Å². The summed E-state index contributed by atoms with van der Waals surface area (Å²) < 4.78 is 55.3. The second-order valence-electron chi connectivity index (χ2n) is 7.89. The summed E-state index contributed by atoms with van der Waals surface area (Å²) >= 11 is 0. The predicted octanol–water partition coefficient (Wildman–Crippen LogP) is 2.57. The van der Waals surface area contributed by atoms with Gasteiger partial charge in [0.2, 0.25) is 20.0 Å². The molecule has 1 unspecified atom stereocenters. The van der Waals surface area contributed by atoms with E-state index in [4.69, 9.17) is 0 Å². The molecule has 0 amide bonds. The van der Waals surface area contributed by atoms with Crippen molar-refractivity contribution in [3.63, 3.8) is 0 Å². The molecule has 31 heavy (non-hydrogen) atoms. The molecule has 10 heteroatoms. The quantitative estimate of drug-likeness (QED) is 0.650. The minimum atomic E-state index is -3.77. The molecule has 2 aliphatic heterocycles. The van der Waals surface area contributed by atoms with Crippen molar-refractivity contribution in [2.45, 2.75) is 28.7 Å². The van der Waals surface area contributed by atoms with Crippen LogP contribution < -0.4 is 0 Å². The van der Waals surface area contributed by atoms with Gasteiger partial charge in [0, 0.05) is 32.7 Å². The summed E-state index contributed by atoms with van der Waals surface area (Å²) in [5.41, 5.74) is 0.945. The minimum absolute atomic E-state index is 0. The Kier molecular flexibility index (Phi) is 7.45. The van der Waals surface area contributed by atoms with Gasteiger partial charge in [-0.3, -0.25) is 0 Å². The van der Waals surface area contributed by atoms with Crippen LogP contribution in [0.25, 0.3) is 0 Å². The van der Waals surface area contributed by atoms with Crippen molar-refractivity contribution in [3.05, 3.63) is 60.2 Å². The Morgan fingerprint density at radius 3 is 1.87 bits per heavy atom. The molecule has 2 aromatic carbocycles. The Hall–Kier alpha value is -1.49. The second-order valence-corrected chi connectivity index (χ2v) is 11.7. The van der Waals surface area contributed by atoms with E-state index in [0.29, 0.717) is 32.7 Å². The highest BCUT2D eigenvalue weighted by molar-refractivity contribution is 7.89. The van der Waals surface area contributed by atoms with Gasteiger partial charge in [0.1, 0.15) is 0 Å². The van der Waals surface area contributed by atoms with Gasteiger partial charge in [0.05, 0.1) is 15.8 Å². The Balaban J connectivity index is 0.00000272. The van der Waals surface area contributed by atoms with E-state index in [-0.39, 0.29) is 28.2 Å². The van der Waals surface area contributed by atoms with E-state index in [1.165, 1.54) is 32.9 Å². The van der Waals surface area contributed by atoms with E-state index >= 15 is 0 Å². The van der Waals surface area contributed by atoms with Crippen molar-refractivity contribution >= 4 is 32.5 Å². The van der Waals surface area contributed by atoms with E-state index in [9.17, 15) is 16.8 Å². The van der Waals surface area contributed by atoms with E-state index < -0.39 is 20.0 Å².